The molecule has 0 saturated carbocycles. The first kappa shape index (κ1) is 9.40. The van der Waals surface area contributed by atoms with Crippen molar-refractivity contribution in [1.29, 1.82) is 0 Å². The molecule has 0 bridgehead atoms. The number of rotatable bonds is 1. The third-order valence-electron chi connectivity index (χ3n) is 3.78. The van der Waals surface area contributed by atoms with Gasteiger partial charge in [-0.2, -0.15) is 0 Å². The summed E-state index contributed by atoms with van der Waals surface area (Å²) in [5.41, 5.74) is 2.83. The Hall–Kier alpha value is -0.830. The van der Waals surface area contributed by atoms with Crippen molar-refractivity contribution in [1.82, 2.24) is 14.9 Å². The summed E-state index contributed by atoms with van der Waals surface area (Å²) in [6.07, 6.45) is 5.05. The molecule has 3 rings (SSSR count). The molecule has 1 aromatic rings. The molecule has 0 aromatic carbocycles. The van der Waals surface area contributed by atoms with Gasteiger partial charge in [0.1, 0.15) is 5.82 Å². The fraction of sp³-hybridized carbons (Fsp3) is 0.750. The number of hydrogen-bond donors (Lipinski definition) is 1. The molecule has 1 N–H and O–H groups in total. The van der Waals surface area contributed by atoms with Crippen LogP contribution in [0.4, 0.5) is 0 Å². The van der Waals surface area contributed by atoms with Crippen LogP contribution in [0.1, 0.15) is 42.4 Å². The molecule has 3 nitrogen and oxygen atoms in total. The van der Waals surface area contributed by atoms with Crippen molar-refractivity contribution >= 4 is 0 Å². The standard InChI is InChI=1S/C12H19N3/c1-9-12(10-4-6-13-7-5-10)15-8-2-3-11(15)14-9/h10,13H,2-8H2,1H3. The van der Waals surface area contributed by atoms with Crippen LogP contribution in [0.3, 0.4) is 0 Å². The summed E-state index contributed by atoms with van der Waals surface area (Å²) in [6.45, 7) is 5.73. The van der Waals surface area contributed by atoms with Crippen LogP contribution in [-0.2, 0) is 13.0 Å². The predicted octanol–water partition coefficient (Wildman–Crippen LogP) is 1.60. The number of fused-ring (bicyclic) bond motifs is 1. The van der Waals surface area contributed by atoms with Gasteiger partial charge in [-0.3, -0.25) is 0 Å². The largest absolute Gasteiger partial charge is 0.331 e. The Morgan fingerprint density at radius 2 is 2.13 bits per heavy atom. The summed E-state index contributed by atoms with van der Waals surface area (Å²) in [5, 5.41) is 3.43. The van der Waals surface area contributed by atoms with Gasteiger partial charge in [0.25, 0.3) is 0 Å². The van der Waals surface area contributed by atoms with Gasteiger partial charge in [-0.15, -0.1) is 0 Å². The van der Waals surface area contributed by atoms with Gasteiger partial charge in [0.05, 0.1) is 5.69 Å². The molecule has 0 unspecified atom stereocenters. The molecule has 0 aliphatic carbocycles. The van der Waals surface area contributed by atoms with E-state index in [0.29, 0.717) is 0 Å². The quantitative estimate of drug-likeness (QED) is 0.755. The summed E-state index contributed by atoms with van der Waals surface area (Å²) in [5.74, 6) is 2.09. The van der Waals surface area contributed by atoms with Crippen LogP contribution >= 0.6 is 0 Å². The molecule has 0 spiro atoms. The maximum Gasteiger partial charge on any atom is 0.109 e. The van der Waals surface area contributed by atoms with Crippen molar-refractivity contribution in [2.45, 2.75) is 45.1 Å². The first-order valence-electron chi connectivity index (χ1n) is 6.13. The minimum atomic E-state index is 0.755. The highest BCUT2D eigenvalue weighted by molar-refractivity contribution is 5.23. The Labute approximate surface area is 90.9 Å². The average Bonchev–Trinajstić information content (AvgIpc) is 2.78. The molecule has 82 valence electrons. The molecule has 0 radical (unpaired) electrons. The summed E-state index contributed by atoms with van der Waals surface area (Å²) < 4.78 is 2.49. The van der Waals surface area contributed by atoms with Crippen molar-refractivity contribution in [2.24, 2.45) is 0 Å². The third kappa shape index (κ3) is 1.49. The number of aryl methyl sites for hydroxylation is 2. The molecule has 15 heavy (non-hydrogen) atoms. The molecular weight excluding hydrogens is 186 g/mol. The van der Waals surface area contributed by atoms with Crippen LogP contribution < -0.4 is 5.32 Å². The molecule has 1 aromatic heterocycles. The molecule has 3 heterocycles. The number of aromatic nitrogens is 2. The van der Waals surface area contributed by atoms with E-state index in [2.05, 4.69) is 16.8 Å². The van der Waals surface area contributed by atoms with Crippen LogP contribution in [0.2, 0.25) is 0 Å². The van der Waals surface area contributed by atoms with Crippen LogP contribution in [0, 0.1) is 6.92 Å². The van der Waals surface area contributed by atoms with Crippen LogP contribution in [0.5, 0.6) is 0 Å². The normalized spacial score (nSPS) is 21.9. The van der Waals surface area contributed by atoms with Gasteiger partial charge >= 0.3 is 0 Å². The van der Waals surface area contributed by atoms with Gasteiger partial charge in [0.15, 0.2) is 0 Å². The van der Waals surface area contributed by atoms with Crippen LogP contribution in [0.15, 0.2) is 0 Å². The Kier molecular flexibility index (Phi) is 2.28. The zero-order valence-corrected chi connectivity index (χ0v) is 9.42. The van der Waals surface area contributed by atoms with Crippen molar-refractivity contribution in [3.05, 3.63) is 17.2 Å². The zero-order chi connectivity index (χ0) is 10.3. The Morgan fingerprint density at radius 3 is 2.93 bits per heavy atom. The first-order valence-corrected chi connectivity index (χ1v) is 6.13. The van der Waals surface area contributed by atoms with Crippen molar-refractivity contribution in [2.75, 3.05) is 13.1 Å². The zero-order valence-electron chi connectivity index (χ0n) is 9.42. The summed E-state index contributed by atoms with van der Waals surface area (Å²) in [6, 6.07) is 0. The molecule has 2 aliphatic rings. The lowest BCUT2D eigenvalue weighted by molar-refractivity contribution is 0.439. The van der Waals surface area contributed by atoms with Crippen LogP contribution in [-0.4, -0.2) is 22.6 Å². The number of nitrogens with zero attached hydrogens (tertiary/aromatic N) is 2. The van der Waals surface area contributed by atoms with E-state index < -0.39 is 0 Å². The second-order valence-corrected chi connectivity index (χ2v) is 4.78. The average molecular weight is 205 g/mol. The van der Waals surface area contributed by atoms with Gasteiger partial charge in [-0.25, -0.2) is 4.98 Å². The molecule has 1 fully saturated rings. The minimum absolute atomic E-state index is 0.755. The van der Waals surface area contributed by atoms with E-state index in [1.54, 1.807) is 5.69 Å². The van der Waals surface area contributed by atoms with Crippen LogP contribution in [0.25, 0.3) is 0 Å². The van der Waals surface area contributed by atoms with Gasteiger partial charge < -0.3 is 9.88 Å². The molecular formula is C12H19N3. The summed E-state index contributed by atoms with van der Waals surface area (Å²) >= 11 is 0. The first-order chi connectivity index (χ1) is 7.36. The monoisotopic (exact) mass is 205 g/mol. The fourth-order valence-corrected chi connectivity index (χ4v) is 3.09. The van der Waals surface area contributed by atoms with E-state index in [1.807, 2.05) is 0 Å². The Balaban J connectivity index is 1.95. The molecule has 3 heteroatoms. The Bertz CT molecular complexity index is 361. The Morgan fingerprint density at radius 1 is 1.33 bits per heavy atom. The smallest absolute Gasteiger partial charge is 0.109 e. The van der Waals surface area contributed by atoms with Gasteiger partial charge in [0, 0.05) is 24.6 Å². The summed E-state index contributed by atoms with van der Waals surface area (Å²) in [4.78, 5) is 4.71. The number of hydrogen-bond acceptors (Lipinski definition) is 2. The fourth-order valence-electron chi connectivity index (χ4n) is 3.09. The van der Waals surface area contributed by atoms with E-state index in [-0.39, 0.29) is 0 Å². The van der Waals surface area contributed by atoms with Gasteiger partial charge in [-0.05, 0) is 39.3 Å². The second kappa shape index (κ2) is 3.63. The predicted molar refractivity (Wildman–Crippen MR) is 60.1 cm³/mol. The van der Waals surface area contributed by atoms with E-state index in [4.69, 9.17) is 4.98 Å². The van der Waals surface area contributed by atoms with E-state index in [0.717, 1.165) is 5.92 Å². The maximum absolute atomic E-state index is 4.71. The number of piperidine rings is 1. The SMILES string of the molecule is Cc1nc2n(c1C1CCNCC1)CCC2. The lowest BCUT2D eigenvalue weighted by Crippen LogP contribution is -2.28. The number of nitrogens with one attached hydrogen (secondary N) is 1. The second-order valence-electron chi connectivity index (χ2n) is 4.78. The van der Waals surface area contributed by atoms with Gasteiger partial charge in [0.2, 0.25) is 0 Å². The molecule has 0 atom stereocenters. The highest BCUT2D eigenvalue weighted by Gasteiger charge is 2.25. The lowest BCUT2D eigenvalue weighted by Gasteiger charge is -2.24. The lowest BCUT2D eigenvalue weighted by atomic mass is 9.93. The van der Waals surface area contributed by atoms with E-state index in [1.165, 1.54) is 56.8 Å². The van der Waals surface area contributed by atoms with E-state index in [9.17, 15) is 0 Å². The topological polar surface area (TPSA) is 29.9 Å². The van der Waals surface area contributed by atoms with Gasteiger partial charge in [-0.1, -0.05) is 0 Å². The minimum Gasteiger partial charge on any atom is -0.331 e. The highest BCUT2D eigenvalue weighted by atomic mass is 15.1. The summed E-state index contributed by atoms with van der Waals surface area (Å²) in [7, 11) is 0. The van der Waals surface area contributed by atoms with Crippen molar-refractivity contribution < 1.29 is 0 Å². The highest BCUT2D eigenvalue weighted by Crippen LogP contribution is 2.31. The molecule has 2 aliphatic heterocycles. The maximum atomic E-state index is 4.71. The molecule has 1 saturated heterocycles. The molecule has 0 amide bonds. The van der Waals surface area contributed by atoms with Crippen molar-refractivity contribution in [3.63, 3.8) is 0 Å². The third-order valence-corrected chi connectivity index (χ3v) is 3.78. The van der Waals surface area contributed by atoms with E-state index >= 15 is 0 Å². The van der Waals surface area contributed by atoms with Crippen molar-refractivity contribution in [3.8, 4) is 0 Å². The number of imidazole rings is 1.